The van der Waals surface area contributed by atoms with Crippen molar-refractivity contribution in [2.75, 3.05) is 26.2 Å². The van der Waals surface area contributed by atoms with Gasteiger partial charge in [0.15, 0.2) is 0 Å². The summed E-state index contributed by atoms with van der Waals surface area (Å²) < 4.78 is 5.09. The molecule has 3 rings (SSSR count). The van der Waals surface area contributed by atoms with E-state index in [1.165, 1.54) is 0 Å². The number of amides is 2. The number of nitrogens with two attached hydrogens (primary N) is 1. The molecule has 1 aromatic rings. The van der Waals surface area contributed by atoms with E-state index in [4.69, 9.17) is 15.3 Å². The molecule has 0 radical (unpaired) electrons. The molecule has 1 atom stereocenters. The maximum absolute atomic E-state index is 12.2. The standard InChI is InChI=1S/C17H25N3O4/c18-14(10-21)16(23)19-6-4-17(5-7-19)3-1-15(22)20(12-17)9-13-2-8-24-11-13/h2,8,11,14,21H,1,3-7,9-10,12,18H2/t14-/m1/s1. The Hall–Kier alpha value is -1.86. The molecular weight excluding hydrogens is 310 g/mol. The van der Waals surface area contributed by atoms with Crippen molar-refractivity contribution in [3.63, 3.8) is 0 Å². The lowest BCUT2D eigenvalue weighted by atomic mass is 9.72. The molecule has 2 saturated heterocycles. The third kappa shape index (κ3) is 3.47. The molecule has 0 aliphatic carbocycles. The van der Waals surface area contributed by atoms with Gasteiger partial charge in [-0.1, -0.05) is 0 Å². The molecule has 2 amide bonds. The first kappa shape index (κ1) is 17.0. The first-order chi connectivity index (χ1) is 11.5. The summed E-state index contributed by atoms with van der Waals surface area (Å²) in [5.74, 6) is -0.00266. The highest BCUT2D eigenvalue weighted by Gasteiger charge is 2.42. The van der Waals surface area contributed by atoms with Crippen LogP contribution in [0, 0.1) is 5.41 Å². The zero-order chi connectivity index (χ0) is 17.2. The monoisotopic (exact) mass is 335 g/mol. The summed E-state index contributed by atoms with van der Waals surface area (Å²) in [5, 5.41) is 9.04. The Morgan fingerprint density at radius 3 is 2.75 bits per heavy atom. The number of carbonyl (C=O) groups excluding carboxylic acids is 2. The minimum Gasteiger partial charge on any atom is -0.472 e. The van der Waals surface area contributed by atoms with Crippen LogP contribution < -0.4 is 5.73 Å². The minimum atomic E-state index is -0.829. The SMILES string of the molecule is N[C@H](CO)C(=O)N1CCC2(CCC(=O)N(Cc3ccoc3)C2)CC1. The molecule has 1 spiro atoms. The van der Waals surface area contributed by atoms with Gasteiger partial charge in [0.25, 0.3) is 0 Å². The summed E-state index contributed by atoms with van der Waals surface area (Å²) in [6, 6.07) is 1.05. The van der Waals surface area contributed by atoms with Gasteiger partial charge in [0, 0.05) is 38.2 Å². The molecule has 7 heteroatoms. The highest BCUT2D eigenvalue weighted by Crippen LogP contribution is 2.40. The fourth-order valence-electron chi connectivity index (χ4n) is 3.77. The zero-order valence-electron chi connectivity index (χ0n) is 13.8. The maximum atomic E-state index is 12.2. The molecule has 7 nitrogen and oxygen atoms in total. The highest BCUT2D eigenvalue weighted by atomic mass is 16.3. The second-order valence-corrected chi connectivity index (χ2v) is 7.00. The Morgan fingerprint density at radius 2 is 2.12 bits per heavy atom. The number of likely N-dealkylation sites (tertiary alicyclic amines) is 2. The van der Waals surface area contributed by atoms with Gasteiger partial charge < -0.3 is 25.1 Å². The summed E-state index contributed by atoms with van der Waals surface area (Å²) in [4.78, 5) is 28.0. The van der Waals surface area contributed by atoms with Crippen molar-refractivity contribution >= 4 is 11.8 Å². The number of rotatable bonds is 4. The van der Waals surface area contributed by atoms with Crippen molar-refractivity contribution in [3.8, 4) is 0 Å². The number of piperidine rings is 2. The first-order valence-corrected chi connectivity index (χ1v) is 8.47. The van der Waals surface area contributed by atoms with E-state index in [0.717, 1.165) is 31.4 Å². The molecule has 1 aromatic heterocycles. The molecule has 0 unspecified atom stereocenters. The topological polar surface area (TPSA) is 100 Å². The lowest BCUT2D eigenvalue weighted by Gasteiger charge is -2.47. The normalized spacial score (nSPS) is 22.0. The van der Waals surface area contributed by atoms with Crippen molar-refractivity contribution in [3.05, 3.63) is 24.2 Å². The van der Waals surface area contributed by atoms with Gasteiger partial charge in [-0.3, -0.25) is 9.59 Å². The van der Waals surface area contributed by atoms with Gasteiger partial charge in [-0.05, 0) is 30.7 Å². The molecule has 24 heavy (non-hydrogen) atoms. The van der Waals surface area contributed by atoms with Crippen LogP contribution in [0.4, 0.5) is 0 Å². The van der Waals surface area contributed by atoms with Crippen LogP contribution in [0.1, 0.15) is 31.2 Å². The van der Waals surface area contributed by atoms with E-state index in [0.29, 0.717) is 26.1 Å². The van der Waals surface area contributed by atoms with Crippen LogP contribution in [0.15, 0.2) is 23.0 Å². The van der Waals surface area contributed by atoms with Crippen LogP contribution in [-0.2, 0) is 16.1 Å². The van der Waals surface area contributed by atoms with Gasteiger partial charge in [-0.2, -0.15) is 0 Å². The van der Waals surface area contributed by atoms with Gasteiger partial charge in [-0.25, -0.2) is 0 Å². The third-order valence-electron chi connectivity index (χ3n) is 5.35. The fraction of sp³-hybridized carbons (Fsp3) is 0.647. The van der Waals surface area contributed by atoms with Gasteiger partial charge in [0.1, 0.15) is 6.04 Å². The van der Waals surface area contributed by atoms with Crippen molar-refractivity contribution in [1.82, 2.24) is 9.80 Å². The van der Waals surface area contributed by atoms with Crippen LogP contribution in [0.5, 0.6) is 0 Å². The predicted molar refractivity (Wildman–Crippen MR) is 86.7 cm³/mol. The Morgan fingerprint density at radius 1 is 1.38 bits per heavy atom. The molecule has 2 fully saturated rings. The number of aliphatic hydroxyl groups is 1. The zero-order valence-corrected chi connectivity index (χ0v) is 13.8. The molecule has 0 saturated carbocycles. The molecule has 2 aliphatic heterocycles. The van der Waals surface area contributed by atoms with Crippen LogP contribution >= 0.6 is 0 Å². The Kier molecular flexibility index (Phi) is 4.91. The lowest BCUT2D eigenvalue weighted by molar-refractivity contribution is -0.143. The van der Waals surface area contributed by atoms with Crippen molar-refractivity contribution in [2.24, 2.45) is 11.1 Å². The molecular formula is C17H25N3O4. The average Bonchev–Trinajstić information content (AvgIpc) is 3.11. The van der Waals surface area contributed by atoms with E-state index >= 15 is 0 Å². The molecule has 0 aromatic carbocycles. The van der Waals surface area contributed by atoms with E-state index in [-0.39, 0.29) is 23.8 Å². The summed E-state index contributed by atoms with van der Waals surface area (Å²) in [6.45, 7) is 2.26. The van der Waals surface area contributed by atoms with Crippen molar-refractivity contribution in [1.29, 1.82) is 0 Å². The summed E-state index contributed by atoms with van der Waals surface area (Å²) >= 11 is 0. The Balaban J connectivity index is 1.60. The van der Waals surface area contributed by atoms with Crippen molar-refractivity contribution < 1.29 is 19.1 Å². The molecule has 3 N–H and O–H groups in total. The van der Waals surface area contributed by atoms with Gasteiger partial charge >= 0.3 is 0 Å². The van der Waals surface area contributed by atoms with Crippen LogP contribution in [0.3, 0.4) is 0 Å². The molecule has 2 aliphatic rings. The van der Waals surface area contributed by atoms with Gasteiger partial charge in [-0.15, -0.1) is 0 Å². The van der Waals surface area contributed by atoms with Gasteiger partial charge in [0.2, 0.25) is 11.8 Å². The van der Waals surface area contributed by atoms with Crippen LogP contribution in [-0.4, -0.2) is 59.0 Å². The quantitative estimate of drug-likeness (QED) is 0.826. The van der Waals surface area contributed by atoms with E-state index < -0.39 is 6.04 Å². The smallest absolute Gasteiger partial charge is 0.241 e. The number of carbonyl (C=O) groups is 2. The number of furan rings is 1. The molecule has 132 valence electrons. The average molecular weight is 335 g/mol. The number of hydrogen-bond acceptors (Lipinski definition) is 5. The van der Waals surface area contributed by atoms with E-state index in [1.54, 1.807) is 17.4 Å². The van der Waals surface area contributed by atoms with Crippen LogP contribution in [0.25, 0.3) is 0 Å². The largest absolute Gasteiger partial charge is 0.472 e. The van der Waals surface area contributed by atoms with E-state index in [1.807, 2.05) is 11.0 Å². The Labute approximate surface area is 141 Å². The van der Waals surface area contributed by atoms with E-state index in [9.17, 15) is 9.59 Å². The number of aliphatic hydroxyl groups excluding tert-OH is 1. The van der Waals surface area contributed by atoms with Gasteiger partial charge in [0.05, 0.1) is 19.1 Å². The van der Waals surface area contributed by atoms with Crippen molar-refractivity contribution in [2.45, 2.75) is 38.3 Å². The Bertz CT molecular complexity index is 579. The first-order valence-electron chi connectivity index (χ1n) is 8.47. The second kappa shape index (κ2) is 6.94. The van der Waals surface area contributed by atoms with Crippen LogP contribution in [0.2, 0.25) is 0 Å². The minimum absolute atomic E-state index is 0.0811. The number of hydrogen-bond donors (Lipinski definition) is 2. The highest BCUT2D eigenvalue weighted by molar-refractivity contribution is 5.82. The molecule has 3 heterocycles. The van der Waals surface area contributed by atoms with E-state index in [2.05, 4.69) is 0 Å². The predicted octanol–water partition coefficient (Wildman–Crippen LogP) is 0.330. The summed E-state index contributed by atoms with van der Waals surface area (Å²) in [5.41, 5.74) is 6.71. The fourth-order valence-corrected chi connectivity index (χ4v) is 3.77. The number of nitrogens with zero attached hydrogens (tertiary/aromatic N) is 2. The second-order valence-electron chi connectivity index (χ2n) is 7.00. The molecule has 0 bridgehead atoms. The summed E-state index contributed by atoms with van der Waals surface area (Å²) in [7, 11) is 0. The maximum Gasteiger partial charge on any atom is 0.241 e. The third-order valence-corrected chi connectivity index (χ3v) is 5.35. The summed E-state index contributed by atoms with van der Waals surface area (Å²) in [6.07, 6.45) is 6.46. The lowest BCUT2D eigenvalue weighted by Crippen LogP contribution is -2.54.